The summed E-state index contributed by atoms with van der Waals surface area (Å²) in [5, 5.41) is 8.93. The number of nitrogens with zero attached hydrogens (tertiary/aromatic N) is 1. The molecule has 2 aromatic carbocycles. The summed E-state index contributed by atoms with van der Waals surface area (Å²) in [5.74, 6) is -1.42. The summed E-state index contributed by atoms with van der Waals surface area (Å²) in [6.07, 6.45) is 1.37. The van der Waals surface area contributed by atoms with E-state index in [1.807, 2.05) is 18.2 Å². The average Bonchev–Trinajstić information content (AvgIpc) is 2.67. The molecule has 0 aliphatic carbocycles. The molecule has 0 aliphatic heterocycles. The number of rotatable bonds is 7. The lowest BCUT2D eigenvalue weighted by atomic mass is 10.2. The highest BCUT2D eigenvalue weighted by Crippen LogP contribution is 2.12. The van der Waals surface area contributed by atoms with Crippen molar-refractivity contribution in [2.45, 2.75) is 19.9 Å². The van der Waals surface area contributed by atoms with Gasteiger partial charge in [0.2, 0.25) is 0 Å². The van der Waals surface area contributed by atoms with E-state index in [1.165, 1.54) is 6.21 Å². The van der Waals surface area contributed by atoms with Crippen molar-refractivity contribution in [1.29, 1.82) is 0 Å². The van der Waals surface area contributed by atoms with Gasteiger partial charge in [0.25, 0.3) is 5.91 Å². The number of carbonyl (C=O) groups is 3. The molecule has 0 unspecified atom stereocenters. The molecular formula is C20H22N4O4. The molecule has 0 aromatic heterocycles. The Balaban J connectivity index is 1.83. The number of hydrogen-bond donors (Lipinski definition) is 3. The van der Waals surface area contributed by atoms with E-state index < -0.39 is 11.8 Å². The fourth-order valence-electron chi connectivity index (χ4n) is 2.10. The molecule has 0 heterocycles. The Bertz CT molecular complexity index is 850. The van der Waals surface area contributed by atoms with E-state index in [4.69, 9.17) is 4.74 Å². The van der Waals surface area contributed by atoms with Gasteiger partial charge in [0.1, 0.15) is 5.75 Å². The molecule has 8 heteroatoms. The van der Waals surface area contributed by atoms with Crippen molar-refractivity contribution in [3.05, 3.63) is 60.2 Å². The summed E-state index contributed by atoms with van der Waals surface area (Å²) in [5.41, 5.74) is 3.47. The second kappa shape index (κ2) is 10.5. The highest BCUT2D eigenvalue weighted by Gasteiger charge is 2.12. The third-order valence-corrected chi connectivity index (χ3v) is 3.29. The third-order valence-electron chi connectivity index (χ3n) is 3.29. The molecule has 0 spiro atoms. The molecule has 0 saturated heterocycles. The minimum absolute atomic E-state index is 0.143. The van der Waals surface area contributed by atoms with Crippen molar-refractivity contribution >= 4 is 29.6 Å². The first-order chi connectivity index (χ1) is 13.4. The van der Waals surface area contributed by atoms with Crippen LogP contribution in [0.25, 0.3) is 0 Å². The smallest absolute Gasteiger partial charge is 0.329 e. The van der Waals surface area contributed by atoms with Gasteiger partial charge in [-0.3, -0.25) is 14.4 Å². The molecule has 0 atom stereocenters. The predicted octanol–water partition coefficient (Wildman–Crippen LogP) is 1.68. The maximum atomic E-state index is 11.9. The van der Waals surface area contributed by atoms with Crippen LogP contribution < -0.4 is 20.8 Å². The fraction of sp³-hybridized carbons (Fsp3) is 0.200. The molecule has 0 fully saturated rings. The van der Waals surface area contributed by atoms with Crippen molar-refractivity contribution < 1.29 is 19.1 Å². The Kier molecular flexibility index (Phi) is 7.71. The highest BCUT2D eigenvalue weighted by molar-refractivity contribution is 6.35. The summed E-state index contributed by atoms with van der Waals surface area (Å²) in [6.45, 7) is 3.35. The molecule has 2 rings (SSSR count). The topological polar surface area (TPSA) is 109 Å². The molecule has 0 bridgehead atoms. The zero-order valence-corrected chi connectivity index (χ0v) is 15.6. The van der Waals surface area contributed by atoms with Crippen LogP contribution in [0.5, 0.6) is 5.75 Å². The van der Waals surface area contributed by atoms with E-state index in [1.54, 1.807) is 50.2 Å². The van der Waals surface area contributed by atoms with Crippen LogP contribution in [0.15, 0.2) is 59.7 Å². The highest BCUT2D eigenvalue weighted by atomic mass is 16.5. The number of hydrazone groups is 1. The summed E-state index contributed by atoms with van der Waals surface area (Å²) >= 11 is 0. The minimum atomic E-state index is -0.852. The van der Waals surface area contributed by atoms with Crippen LogP contribution in [-0.2, 0) is 14.4 Å². The molecule has 146 valence electrons. The molecule has 8 nitrogen and oxygen atoms in total. The molecule has 28 heavy (non-hydrogen) atoms. The standard InChI is InChI=1S/C20H22N4O4/c1-14(2)22-19(26)20(27)24-21-12-15-7-6-10-17(11-15)28-13-18(25)23-16-8-4-3-5-9-16/h3-12,14H,13H2,1-2H3,(H,22,26)(H,23,25)(H,24,27)/b21-12-. The summed E-state index contributed by atoms with van der Waals surface area (Å²) in [4.78, 5) is 34.9. The Labute approximate surface area is 163 Å². The third kappa shape index (κ3) is 7.28. The lowest BCUT2D eigenvalue weighted by Crippen LogP contribution is -2.41. The molecule has 2 aromatic rings. The Hall–Kier alpha value is -3.68. The molecule has 0 aliphatic rings. The van der Waals surface area contributed by atoms with E-state index in [9.17, 15) is 14.4 Å². The second-order valence-electron chi connectivity index (χ2n) is 6.10. The molecule has 0 radical (unpaired) electrons. The number of hydrogen-bond acceptors (Lipinski definition) is 5. The van der Waals surface area contributed by atoms with Crippen LogP contribution in [0.1, 0.15) is 19.4 Å². The van der Waals surface area contributed by atoms with Crippen LogP contribution in [-0.4, -0.2) is 36.6 Å². The number of benzene rings is 2. The van der Waals surface area contributed by atoms with Gasteiger partial charge in [-0.2, -0.15) is 5.10 Å². The second-order valence-corrected chi connectivity index (χ2v) is 6.10. The molecule has 3 amide bonds. The molecule has 0 saturated carbocycles. The first kappa shape index (κ1) is 20.6. The van der Waals surface area contributed by atoms with Gasteiger partial charge in [0.15, 0.2) is 6.61 Å². The Morgan fingerprint density at radius 1 is 1.04 bits per heavy atom. The van der Waals surface area contributed by atoms with E-state index in [0.29, 0.717) is 17.0 Å². The summed E-state index contributed by atoms with van der Waals surface area (Å²) in [7, 11) is 0. The molecule has 3 N–H and O–H groups in total. The zero-order chi connectivity index (χ0) is 20.4. The quantitative estimate of drug-likeness (QED) is 0.384. The number of amides is 3. The zero-order valence-electron chi connectivity index (χ0n) is 15.6. The van der Waals surface area contributed by atoms with Gasteiger partial charge in [-0.05, 0) is 43.7 Å². The van der Waals surface area contributed by atoms with Crippen LogP contribution >= 0.6 is 0 Å². The molecular weight excluding hydrogens is 360 g/mol. The number of para-hydroxylation sites is 1. The number of carbonyl (C=O) groups excluding carboxylic acids is 3. The lowest BCUT2D eigenvalue weighted by Gasteiger charge is -2.08. The van der Waals surface area contributed by atoms with E-state index in [0.717, 1.165) is 0 Å². The van der Waals surface area contributed by atoms with E-state index in [-0.39, 0.29) is 18.6 Å². The van der Waals surface area contributed by atoms with Crippen molar-refractivity contribution in [3.8, 4) is 5.75 Å². The van der Waals surface area contributed by atoms with Crippen LogP contribution in [0, 0.1) is 0 Å². The summed E-state index contributed by atoms with van der Waals surface area (Å²) < 4.78 is 5.46. The van der Waals surface area contributed by atoms with Gasteiger partial charge < -0.3 is 15.4 Å². The van der Waals surface area contributed by atoms with Crippen molar-refractivity contribution in [1.82, 2.24) is 10.7 Å². The van der Waals surface area contributed by atoms with Gasteiger partial charge >= 0.3 is 11.8 Å². The van der Waals surface area contributed by atoms with Crippen LogP contribution in [0.4, 0.5) is 5.69 Å². The number of nitrogens with one attached hydrogen (secondary N) is 3. The van der Waals surface area contributed by atoms with Gasteiger partial charge in [-0.15, -0.1) is 0 Å². The Morgan fingerprint density at radius 2 is 1.79 bits per heavy atom. The van der Waals surface area contributed by atoms with Crippen LogP contribution in [0.3, 0.4) is 0 Å². The van der Waals surface area contributed by atoms with Gasteiger partial charge in [-0.1, -0.05) is 30.3 Å². The maximum absolute atomic E-state index is 11.9. The first-order valence-corrected chi connectivity index (χ1v) is 8.65. The van der Waals surface area contributed by atoms with Crippen molar-refractivity contribution in [2.24, 2.45) is 5.10 Å². The van der Waals surface area contributed by atoms with Gasteiger partial charge in [-0.25, -0.2) is 5.43 Å². The fourth-order valence-corrected chi connectivity index (χ4v) is 2.10. The van der Waals surface area contributed by atoms with Crippen molar-refractivity contribution in [2.75, 3.05) is 11.9 Å². The number of ether oxygens (including phenoxy) is 1. The maximum Gasteiger partial charge on any atom is 0.329 e. The minimum Gasteiger partial charge on any atom is -0.484 e. The number of anilines is 1. The average molecular weight is 382 g/mol. The lowest BCUT2D eigenvalue weighted by molar-refractivity contribution is -0.139. The Morgan fingerprint density at radius 3 is 2.50 bits per heavy atom. The monoisotopic (exact) mass is 382 g/mol. The normalized spacial score (nSPS) is 10.5. The SMILES string of the molecule is CC(C)NC(=O)C(=O)N/N=C\c1cccc(OCC(=O)Nc2ccccc2)c1. The predicted molar refractivity (Wildman–Crippen MR) is 106 cm³/mol. The van der Waals surface area contributed by atoms with Crippen molar-refractivity contribution in [3.63, 3.8) is 0 Å². The summed E-state index contributed by atoms with van der Waals surface area (Å²) in [6, 6.07) is 15.7. The van der Waals surface area contributed by atoms with E-state index in [2.05, 4.69) is 21.2 Å². The largest absolute Gasteiger partial charge is 0.484 e. The van der Waals surface area contributed by atoms with Gasteiger partial charge in [0.05, 0.1) is 6.21 Å². The van der Waals surface area contributed by atoms with Gasteiger partial charge in [0, 0.05) is 11.7 Å². The first-order valence-electron chi connectivity index (χ1n) is 8.65. The van der Waals surface area contributed by atoms with Crippen LogP contribution in [0.2, 0.25) is 0 Å². The van der Waals surface area contributed by atoms with E-state index >= 15 is 0 Å².